The van der Waals surface area contributed by atoms with E-state index >= 15 is 0 Å². The molecule has 11 rings (SSSR count). The molecule has 0 aliphatic heterocycles. The van der Waals surface area contributed by atoms with Crippen LogP contribution in [0.3, 0.4) is 0 Å². The molecule has 0 saturated heterocycles. The van der Waals surface area contributed by atoms with Gasteiger partial charge in [-0.05, 0) is 29.1 Å². The smallest absolute Gasteiger partial charge is 0.497 e. The van der Waals surface area contributed by atoms with E-state index in [0.29, 0.717) is 11.5 Å². The van der Waals surface area contributed by atoms with Gasteiger partial charge in [0, 0.05) is 40.5 Å². The maximum atomic E-state index is 6.61. The second-order valence-electron chi connectivity index (χ2n) is 13.1. The van der Waals surface area contributed by atoms with Crippen molar-refractivity contribution in [2.24, 2.45) is 0 Å². The van der Waals surface area contributed by atoms with Gasteiger partial charge in [-0.15, -0.1) is 12.1 Å². The van der Waals surface area contributed by atoms with E-state index < -0.39 is 0 Å². The van der Waals surface area contributed by atoms with E-state index in [1.54, 1.807) is 0 Å². The molecule has 11 aromatic rings. The standard InChI is InChI=1S/C47H27N5O.Pd/c1-4-13-30(14-5-1)40-29-51-42-21-12-26-48-44(42)37-25-23-34(28-39(37)46(51)49-40)53-33-22-24-35-36-19-10-11-20-41(36)52-45(32-17-8-3-9-18-32)43(31-15-6-2-7-16-31)50-47(52)38(35)27-33;/h1-26,29H;/q-2;+2. The number of fused-ring (bicyclic) bond motifs is 12. The second-order valence-corrected chi connectivity index (χ2v) is 13.1. The van der Waals surface area contributed by atoms with Gasteiger partial charge in [-0.1, -0.05) is 155 Å². The van der Waals surface area contributed by atoms with Gasteiger partial charge in [-0.2, -0.15) is 0 Å². The van der Waals surface area contributed by atoms with Gasteiger partial charge in [0.05, 0.1) is 39.4 Å². The maximum Gasteiger partial charge on any atom is 2.00 e. The monoisotopic (exact) mass is 783 g/mol. The maximum absolute atomic E-state index is 6.61. The summed E-state index contributed by atoms with van der Waals surface area (Å²) in [4.78, 5) is 15.2. The van der Waals surface area contributed by atoms with Gasteiger partial charge in [0.15, 0.2) is 0 Å². The van der Waals surface area contributed by atoms with Crippen molar-refractivity contribution in [3.8, 4) is 45.3 Å². The number of rotatable bonds is 5. The Morgan fingerprint density at radius 2 is 1.11 bits per heavy atom. The molecule has 7 heteroatoms. The van der Waals surface area contributed by atoms with E-state index in [1.165, 1.54) is 0 Å². The Labute approximate surface area is 323 Å². The molecule has 0 radical (unpaired) electrons. The third-order valence-electron chi connectivity index (χ3n) is 9.99. The number of ether oxygens (including phenoxy) is 1. The van der Waals surface area contributed by atoms with E-state index in [9.17, 15) is 0 Å². The molecule has 0 unspecified atom stereocenters. The van der Waals surface area contributed by atoms with Crippen LogP contribution in [0.25, 0.3) is 88.5 Å². The van der Waals surface area contributed by atoms with Gasteiger partial charge in [-0.3, -0.25) is 15.0 Å². The van der Waals surface area contributed by atoms with Crippen LogP contribution in [0.2, 0.25) is 0 Å². The Morgan fingerprint density at radius 1 is 0.500 bits per heavy atom. The molecule has 0 fully saturated rings. The summed E-state index contributed by atoms with van der Waals surface area (Å²) < 4.78 is 11.0. The molecular formula is C47H27N5OPd. The predicted molar refractivity (Wildman–Crippen MR) is 212 cm³/mol. The molecule has 0 spiro atoms. The van der Waals surface area contributed by atoms with Crippen LogP contribution in [-0.2, 0) is 20.4 Å². The normalized spacial score (nSPS) is 11.6. The minimum atomic E-state index is 0. The van der Waals surface area contributed by atoms with Crippen molar-refractivity contribution < 1.29 is 25.2 Å². The van der Waals surface area contributed by atoms with Crippen LogP contribution in [0.4, 0.5) is 0 Å². The number of para-hydroxylation sites is 1. The molecule has 5 heterocycles. The number of nitrogens with zero attached hydrogens (tertiary/aromatic N) is 5. The van der Waals surface area contributed by atoms with Crippen molar-refractivity contribution in [3.63, 3.8) is 0 Å². The van der Waals surface area contributed by atoms with Crippen LogP contribution in [0.15, 0.2) is 164 Å². The summed E-state index contributed by atoms with van der Waals surface area (Å²) in [6.45, 7) is 0. The van der Waals surface area contributed by atoms with Crippen LogP contribution in [-0.4, -0.2) is 23.8 Å². The summed E-state index contributed by atoms with van der Waals surface area (Å²) in [7, 11) is 0. The quantitative estimate of drug-likeness (QED) is 0.0991. The van der Waals surface area contributed by atoms with Crippen LogP contribution >= 0.6 is 0 Å². The molecule has 0 amide bonds. The van der Waals surface area contributed by atoms with Crippen molar-refractivity contribution in [2.75, 3.05) is 0 Å². The SMILES string of the molecule is [Pd+2].[c-]1c(Oc2[c-]c3c(cc2)c2ccccc2n2c(-c4ccccc4)c(-c4ccccc4)nc32)ccc2c1c1nc(-c3ccccc3)cn1c1cccnc21. The molecule has 0 saturated carbocycles. The van der Waals surface area contributed by atoms with E-state index in [2.05, 4.69) is 124 Å². The minimum absolute atomic E-state index is 0. The van der Waals surface area contributed by atoms with Crippen molar-refractivity contribution in [1.29, 1.82) is 0 Å². The summed E-state index contributed by atoms with van der Waals surface area (Å²) in [6, 6.07) is 58.9. The first kappa shape index (κ1) is 32.0. The second kappa shape index (κ2) is 12.8. The van der Waals surface area contributed by atoms with Gasteiger partial charge in [-0.25, -0.2) is 0 Å². The Morgan fingerprint density at radius 3 is 1.85 bits per heavy atom. The number of hydrogen-bond donors (Lipinski definition) is 0. The van der Waals surface area contributed by atoms with E-state index in [0.717, 1.165) is 88.5 Å². The first-order valence-electron chi connectivity index (χ1n) is 17.5. The fourth-order valence-electron chi connectivity index (χ4n) is 7.63. The molecule has 54 heavy (non-hydrogen) atoms. The summed E-state index contributed by atoms with van der Waals surface area (Å²) in [5.74, 6) is 1.13. The molecule has 256 valence electrons. The Kier molecular flexibility index (Phi) is 7.59. The van der Waals surface area contributed by atoms with Crippen molar-refractivity contribution in [3.05, 3.63) is 176 Å². The zero-order valence-corrected chi connectivity index (χ0v) is 30.1. The van der Waals surface area contributed by atoms with E-state index in [-0.39, 0.29) is 20.4 Å². The molecule has 0 aliphatic carbocycles. The van der Waals surface area contributed by atoms with Crippen molar-refractivity contribution in [1.82, 2.24) is 23.8 Å². The molecule has 6 nitrogen and oxygen atoms in total. The summed E-state index contributed by atoms with van der Waals surface area (Å²) in [6.07, 6.45) is 3.89. The molecule has 5 aromatic heterocycles. The summed E-state index contributed by atoms with van der Waals surface area (Å²) in [5.41, 5.74) is 10.6. The van der Waals surface area contributed by atoms with Crippen molar-refractivity contribution >= 4 is 54.8 Å². The van der Waals surface area contributed by atoms with Gasteiger partial charge in [0.25, 0.3) is 0 Å². The van der Waals surface area contributed by atoms with Crippen LogP contribution < -0.4 is 4.74 Å². The van der Waals surface area contributed by atoms with Gasteiger partial charge >= 0.3 is 20.4 Å². The zero-order valence-electron chi connectivity index (χ0n) is 28.5. The van der Waals surface area contributed by atoms with E-state index in [1.807, 2.05) is 60.8 Å². The molecule has 0 N–H and O–H groups in total. The molecule has 0 atom stereocenters. The first-order chi connectivity index (χ1) is 26.3. The largest absolute Gasteiger partial charge is 2.00 e. The fourth-order valence-corrected chi connectivity index (χ4v) is 7.63. The predicted octanol–water partition coefficient (Wildman–Crippen LogP) is 11.4. The third kappa shape index (κ3) is 5.02. The van der Waals surface area contributed by atoms with Crippen molar-refractivity contribution in [2.45, 2.75) is 0 Å². The molecule has 0 aliphatic rings. The Balaban J connectivity index is 0.00000361. The zero-order chi connectivity index (χ0) is 34.9. The number of hydrogen-bond acceptors (Lipinski definition) is 4. The third-order valence-corrected chi connectivity index (χ3v) is 9.99. The summed E-state index contributed by atoms with van der Waals surface area (Å²) >= 11 is 0. The fraction of sp³-hybridized carbons (Fsp3) is 0. The van der Waals surface area contributed by atoms with Crippen LogP contribution in [0.5, 0.6) is 11.5 Å². The average molecular weight is 784 g/mol. The van der Waals surface area contributed by atoms with Gasteiger partial charge in [0.2, 0.25) is 0 Å². The summed E-state index contributed by atoms with van der Waals surface area (Å²) in [5, 5.41) is 4.83. The molecular weight excluding hydrogens is 757 g/mol. The van der Waals surface area contributed by atoms with Gasteiger partial charge in [0.1, 0.15) is 0 Å². The average Bonchev–Trinajstić information content (AvgIpc) is 3.87. The molecule has 0 bridgehead atoms. The molecule has 6 aromatic carbocycles. The van der Waals surface area contributed by atoms with Crippen LogP contribution in [0, 0.1) is 12.1 Å². The Bertz CT molecular complexity index is 3190. The topological polar surface area (TPSA) is 56.7 Å². The van der Waals surface area contributed by atoms with Crippen LogP contribution in [0.1, 0.15) is 0 Å². The number of pyridine rings is 3. The Hall–Kier alpha value is -6.65. The number of imidazole rings is 2. The minimum Gasteiger partial charge on any atom is -0.497 e. The first-order valence-corrected chi connectivity index (χ1v) is 17.5. The number of aromatic nitrogens is 5. The number of benzene rings is 6. The van der Waals surface area contributed by atoms with Gasteiger partial charge < -0.3 is 13.5 Å². The van der Waals surface area contributed by atoms with E-state index in [4.69, 9.17) is 19.7 Å².